The molecule has 0 radical (unpaired) electrons. The van der Waals surface area contributed by atoms with Crippen LogP contribution in [-0.2, 0) is 9.59 Å². The lowest BCUT2D eigenvalue weighted by Crippen LogP contribution is -2.32. The molecule has 1 aliphatic rings. The van der Waals surface area contributed by atoms with Crippen molar-refractivity contribution in [1.29, 1.82) is 0 Å². The number of hydrogen-bond acceptors (Lipinski definition) is 2. The highest BCUT2D eigenvalue weighted by atomic mass is 79.9. The number of ketones is 2. The average molecular weight is 270 g/mol. The Morgan fingerprint density at radius 1 is 1.00 bits per heavy atom. The molecule has 1 fully saturated rings. The topological polar surface area (TPSA) is 34.1 Å². The van der Waals surface area contributed by atoms with E-state index in [0.29, 0.717) is 12.8 Å². The summed E-state index contributed by atoms with van der Waals surface area (Å²) in [6, 6.07) is 0. The zero-order chi connectivity index (χ0) is 7.72. The van der Waals surface area contributed by atoms with E-state index < -0.39 is 0 Å². The molecule has 0 heterocycles. The predicted octanol–water partition coefficient (Wildman–Crippen LogP) is 1.45. The van der Waals surface area contributed by atoms with Crippen molar-refractivity contribution >= 4 is 43.4 Å². The van der Waals surface area contributed by atoms with Gasteiger partial charge in [0.25, 0.3) is 0 Å². The maximum absolute atomic E-state index is 10.9. The van der Waals surface area contributed by atoms with Crippen molar-refractivity contribution in [2.45, 2.75) is 22.5 Å². The van der Waals surface area contributed by atoms with Gasteiger partial charge < -0.3 is 0 Å². The van der Waals surface area contributed by atoms with Gasteiger partial charge in [0.1, 0.15) is 11.6 Å². The first kappa shape index (κ1) is 8.40. The molecule has 0 N–H and O–H groups in total. The fourth-order valence-corrected chi connectivity index (χ4v) is 1.85. The molecule has 0 saturated heterocycles. The molecule has 56 valence electrons. The molecule has 0 amide bonds. The lowest BCUT2D eigenvalue weighted by atomic mass is 9.98. The smallest absolute Gasteiger partial charge is 0.148 e. The molecule has 1 saturated carbocycles. The number of halogens is 2. The summed E-state index contributed by atoms with van der Waals surface area (Å²) in [4.78, 5) is 21.4. The molecule has 0 aromatic carbocycles. The van der Waals surface area contributed by atoms with Crippen LogP contribution in [-0.4, -0.2) is 21.2 Å². The average Bonchev–Trinajstić information content (AvgIpc) is 1.84. The summed E-state index contributed by atoms with van der Waals surface area (Å²) in [5.74, 6) is 0.225. The van der Waals surface area contributed by atoms with Crippen molar-refractivity contribution in [2.75, 3.05) is 0 Å². The van der Waals surface area contributed by atoms with Crippen molar-refractivity contribution < 1.29 is 9.59 Å². The van der Waals surface area contributed by atoms with Crippen LogP contribution in [0.1, 0.15) is 12.8 Å². The fourth-order valence-electron chi connectivity index (χ4n) is 0.837. The lowest BCUT2D eigenvalue weighted by Gasteiger charge is -2.17. The first-order valence-electron chi connectivity index (χ1n) is 2.95. The Morgan fingerprint density at radius 3 is 1.60 bits per heavy atom. The lowest BCUT2D eigenvalue weighted by molar-refractivity contribution is -0.127. The van der Waals surface area contributed by atoms with Gasteiger partial charge in [-0.2, -0.15) is 0 Å². The summed E-state index contributed by atoms with van der Waals surface area (Å²) >= 11 is 6.26. The molecular formula is C6H6Br2O2. The fraction of sp³-hybridized carbons (Fsp3) is 0.667. The van der Waals surface area contributed by atoms with Gasteiger partial charge in [-0.25, -0.2) is 0 Å². The van der Waals surface area contributed by atoms with Crippen molar-refractivity contribution in [3.8, 4) is 0 Å². The Kier molecular flexibility index (Phi) is 2.63. The molecule has 0 unspecified atom stereocenters. The van der Waals surface area contributed by atoms with E-state index in [1.54, 1.807) is 0 Å². The van der Waals surface area contributed by atoms with E-state index in [4.69, 9.17) is 0 Å². The molecule has 0 aliphatic heterocycles. The Labute approximate surface area is 75.6 Å². The Balaban J connectivity index is 2.63. The predicted molar refractivity (Wildman–Crippen MR) is 44.7 cm³/mol. The second kappa shape index (κ2) is 3.13. The van der Waals surface area contributed by atoms with Crippen LogP contribution in [0.25, 0.3) is 0 Å². The molecular weight excluding hydrogens is 264 g/mol. The van der Waals surface area contributed by atoms with Crippen LogP contribution in [0.3, 0.4) is 0 Å². The number of Topliss-reactive ketones (excluding diaryl/α,β-unsaturated/α-hetero) is 2. The third kappa shape index (κ3) is 1.66. The van der Waals surface area contributed by atoms with Crippen LogP contribution >= 0.6 is 31.9 Å². The summed E-state index contributed by atoms with van der Waals surface area (Å²) in [5, 5.41) is 0. The third-order valence-corrected chi connectivity index (χ3v) is 3.13. The van der Waals surface area contributed by atoms with Gasteiger partial charge in [0.2, 0.25) is 0 Å². The molecule has 0 aromatic rings. The summed E-state index contributed by atoms with van der Waals surface area (Å²) < 4.78 is 0. The largest absolute Gasteiger partial charge is 0.298 e. The van der Waals surface area contributed by atoms with Crippen LogP contribution in [0.4, 0.5) is 0 Å². The minimum Gasteiger partial charge on any atom is -0.298 e. The van der Waals surface area contributed by atoms with E-state index in [1.165, 1.54) is 0 Å². The molecule has 10 heavy (non-hydrogen) atoms. The number of hydrogen-bond donors (Lipinski definition) is 0. The van der Waals surface area contributed by atoms with Crippen LogP contribution in [0.5, 0.6) is 0 Å². The first-order valence-corrected chi connectivity index (χ1v) is 4.78. The van der Waals surface area contributed by atoms with Crippen molar-refractivity contribution in [3.05, 3.63) is 0 Å². The molecule has 1 rings (SSSR count). The summed E-state index contributed by atoms with van der Waals surface area (Å²) in [7, 11) is 0. The highest BCUT2D eigenvalue weighted by Crippen LogP contribution is 2.23. The van der Waals surface area contributed by atoms with E-state index in [0.717, 1.165) is 0 Å². The van der Waals surface area contributed by atoms with E-state index in [1.807, 2.05) is 0 Å². The summed E-state index contributed by atoms with van der Waals surface area (Å²) in [5.41, 5.74) is 0. The van der Waals surface area contributed by atoms with E-state index in [9.17, 15) is 9.59 Å². The number of carbonyl (C=O) groups excluding carboxylic acids is 2. The number of alkyl halides is 2. The van der Waals surface area contributed by atoms with Gasteiger partial charge in [-0.05, 0) is 0 Å². The van der Waals surface area contributed by atoms with Crippen molar-refractivity contribution in [1.82, 2.24) is 0 Å². The van der Waals surface area contributed by atoms with Crippen LogP contribution in [0.15, 0.2) is 0 Å². The van der Waals surface area contributed by atoms with Crippen molar-refractivity contribution in [3.63, 3.8) is 0 Å². The molecule has 0 aromatic heterocycles. The molecule has 0 spiro atoms. The summed E-state index contributed by atoms with van der Waals surface area (Å²) in [6.45, 7) is 0. The van der Waals surface area contributed by atoms with Gasteiger partial charge in [0.05, 0.1) is 9.65 Å². The molecule has 0 bridgehead atoms. The van der Waals surface area contributed by atoms with Gasteiger partial charge in [-0.15, -0.1) is 0 Å². The van der Waals surface area contributed by atoms with Gasteiger partial charge >= 0.3 is 0 Å². The summed E-state index contributed by atoms with van der Waals surface area (Å²) in [6.07, 6.45) is 0.656. The van der Waals surface area contributed by atoms with Crippen LogP contribution < -0.4 is 0 Å². The SMILES string of the molecule is O=C1C[C@H](Br)C(=O)C[C@H]1Br. The molecule has 1 aliphatic carbocycles. The van der Waals surface area contributed by atoms with Crippen molar-refractivity contribution in [2.24, 2.45) is 0 Å². The zero-order valence-corrected chi connectivity index (χ0v) is 8.31. The second-order valence-corrected chi connectivity index (χ2v) is 4.49. The maximum atomic E-state index is 10.9. The highest BCUT2D eigenvalue weighted by Gasteiger charge is 2.31. The van der Waals surface area contributed by atoms with Gasteiger partial charge in [-0.3, -0.25) is 9.59 Å². The maximum Gasteiger partial charge on any atom is 0.148 e. The zero-order valence-electron chi connectivity index (χ0n) is 5.14. The monoisotopic (exact) mass is 268 g/mol. The van der Waals surface area contributed by atoms with E-state index in [2.05, 4.69) is 31.9 Å². The van der Waals surface area contributed by atoms with E-state index in [-0.39, 0.29) is 21.2 Å². The molecule has 2 atom stereocenters. The van der Waals surface area contributed by atoms with Gasteiger partial charge in [-0.1, -0.05) is 31.9 Å². The third-order valence-electron chi connectivity index (χ3n) is 1.46. The molecule has 2 nitrogen and oxygen atoms in total. The Bertz CT molecular complexity index is 159. The number of rotatable bonds is 0. The van der Waals surface area contributed by atoms with Crippen LogP contribution in [0.2, 0.25) is 0 Å². The van der Waals surface area contributed by atoms with Gasteiger partial charge in [0, 0.05) is 12.8 Å². The Morgan fingerprint density at radius 2 is 1.30 bits per heavy atom. The second-order valence-electron chi connectivity index (χ2n) is 2.28. The minimum absolute atomic E-state index is 0.112. The van der Waals surface area contributed by atoms with Gasteiger partial charge in [0.15, 0.2) is 0 Å². The number of carbonyl (C=O) groups is 2. The minimum atomic E-state index is -0.242. The molecule has 4 heteroatoms. The van der Waals surface area contributed by atoms with Crippen LogP contribution in [0, 0.1) is 0 Å². The highest BCUT2D eigenvalue weighted by molar-refractivity contribution is 9.10. The van der Waals surface area contributed by atoms with E-state index >= 15 is 0 Å². The standard InChI is InChI=1S/C6H6Br2O2/c7-3-1-5(9)4(8)2-6(3)10/h3-4H,1-2H2/t3-,4+. The normalized spacial score (nSPS) is 34.6. The first-order chi connectivity index (χ1) is 4.61. The Hall–Kier alpha value is 0.300. The quantitative estimate of drug-likeness (QED) is 0.624.